The minimum atomic E-state index is -0.285. The molecule has 0 atom stereocenters. The summed E-state index contributed by atoms with van der Waals surface area (Å²) in [7, 11) is 3.07. The molecule has 0 aliphatic heterocycles. The second kappa shape index (κ2) is 6.59. The molecule has 1 aromatic carbocycles. The number of para-hydroxylation sites is 1. The van der Waals surface area contributed by atoms with Crippen molar-refractivity contribution in [3.8, 4) is 17.2 Å². The van der Waals surface area contributed by atoms with E-state index in [2.05, 4.69) is 0 Å². The number of nitrogens with one attached hydrogen (secondary N) is 1. The number of rotatable bonds is 6. The highest BCUT2D eigenvalue weighted by molar-refractivity contribution is 5.75. The van der Waals surface area contributed by atoms with Gasteiger partial charge in [-0.3, -0.25) is 10.2 Å². The minimum Gasteiger partial charge on any atom is -0.493 e. The lowest BCUT2D eigenvalue weighted by Crippen LogP contribution is -2.31. The van der Waals surface area contributed by atoms with Crippen molar-refractivity contribution in [2.45, 2.75) is 6.42 Å². The van der Waals surface area contributed by atoms with Gasteiger partial charge in [-0.1, -0.05) is 6.07 Å². The summed E-state index contributed by atoms with van der Waals surface area (Å²) < 4.78 is 15.7. The van der Waals surface area contributed by atoms with Crippen molar-refractivity contribution in [2.75, 3.05) is 20.8 Å². The Kier molecular flexibility index (Phi) is 5.09. The number of nitrogens with two attached hydrogens (primary N) is 1. The van der Waals surface area contributed by atoms with Crippen LogP contribution in [0.25, 0.3) is 0 Å². The molecule has 1 aromatic rings. The molecular weight excluding hydrogens is 224 g/mol. The molecule has 0 bridgehead atoms. The van der Waals surface area contributed by atoms with E-state index in [1.54, 1.807) is 25.3 Å². The Morgan fingerprint density at radius 1 is 1.29 bits per heavy atom. The highest BCUT2D eigenvalue weighted by atomic mass is 16.5. The van der Waals surface area contributed by atoms with E-state index < -0.39 is 0 Å². The quantitative estimate of drug-likeness (QED) is 0.429. The van der Waals surface area contributed by atoms with Gasteiger partial charge in [-0.2, -0.15) is 0 Å². The molecule has 0 spiro atoms. The van der Waals surface area contributed by atoms with Crippen LogP contribution in [0.4, 0.5) is 0 Å². The van der Waals surface area contributed by atoms with Crippen LogP contribution < -0.4 is 25.5 Å². The fraction of sp³-hybridized carbons (Fsp3) is 0.364. The zero-order chi connectivity index (χ0) is 12.7. The Labute approximate surface area is 99.6 Å². The van der Waals surface area contributed by atoms with Crippen LogP contribution >= 0.6 is 0 Å². The predicted octanol–water partition coefficient (Wildman–Crippen LogP) is 0.463. The molecule has 94 valence electrons. The van der Waals surface area contributed by atoms with E-state index in [0.29, 0.717) is 17.2 Å². The Bertz CT molecular complexity index is 382. The van der Waals surface area contributed by atoms with Crippen LogP contribution in [0.3, 0.4) is 0 Å². The van der Waals surface area contributed by atoms with Gasteiger partial charge >= 0.3 is 0 Å². The molecule has 1 amide bonds. The highest BCUT2D eigenvalue weighted by Gasteiger charge is 2.10. The van der Waals surface area contributed by atoms with Gasteiger partial charge in [0, 0.05) is 0 Å². The second-order valence-electron chi connectivity index (χ2n) is 3.16. The Morgan fingerprint density at radius 3 is 2.59 bits per heavy atom. The summed E-state index contributed by atoms with van der Waals surface area (Å²) in [5.74, 6) is 6.27. The van der Waals surface area contributed by atoms with Crippen LogP contribution in [0, 0.1) is 0 Å². The van der Waals surface area contributed by atoms with Crippen molar-refractivity contribution in [3.05, 3.63) is 18.2 Å². The lowest BCUT2D eigenvalue weighted by atomic mass is 10.3. The van der Waals surface area contributed by atoms with Gasteiger partial charge in [0.05, 0.1) is 27.2 Å². The summed E-state index contributed by atoms with van der Waals surface area (Å²) in [5.41, 5.74) is 2.03. The van der Waals surface area contributed by atoms with Gasteiger partial charge in [-0.05, 0) is 12.1 Å². The third-order valence-electron chi connectivity index (χ3n) is 2.11. The number of benzene rings is 1. The second-order valence-corrected chi connectivity index (χ2v) is 3.16. The van der Waals surface area contributed by atoms with Crippen LogP contribution in [0.15, 0.2) is 18.2 Å². The van der Waals surface area contributed by atoms with Gasteiger partial charge in [0.15, 0.2) is 11.5 Å². The number of carbonyl (C=O) groups is 1. The molecule has 6 nitrogen and oxygen atoms in total. The fourth-order valence-electron chi connectivity index (χ4n) is 1.30. The van der Waals surface area contributed by atoms with Crippen LogP contribution in [0.5, 0.6) is 17.2 Å². The normalized spacial score (nSPS) is 9.59. The Balaban J connectivity index is 2.67. The van der Waals surface area contributed by atoms with Gasteiger partial charge in [-0.25, -0.2) is 5.84 Å². The van der Waals surface area contributed by atoms with Gasteiger partial charge in [-0.15, -0.1) is 0 Å². The number of carbonyl (C=O) groups excluding carboxylic acids is 1. The zero-order valence-corrected chi connectivity index (χ0v) is 9.86. The van der Waals surface area contributed by atoms with Crippen molar-refractivity contribution >= 4 is 5.91 Å². The number of ether oxygens (including phenoxy) is 3. The molecule has 1 rings (SSSR count). The molecule has 17 heavy (non-hydrogen) atoms. The van der Waals surface area contributed by atoms with Crippen molar-refractivity contribution in [1.82, 2.24) is 5.43 Å². The van der Waals surface area contributed by atoms with E-state index in [1.165, 1.54) is 7.11 Å². The average Bonchev–Trinajstić information content (AvgIpc) is 2.37. The van der Waals surface area contributed by atoms with E-state index in [9.17, 15) is 4.79 Å². The van der Waals surface area contributed by atoms with Crippen LogP contribution in [-0.2, 0) is 4.79 Å². The molecule has 3 N–H and O–H groups in total. The monoisotopic (exact) mass is 240 g/mol. The van der Waals surface area contributed by atoms with Gasteiger partial charge in [0.2, 0.25) is 11.7 Å². The first-order chi connectivity index (χ1) is 8.22. The SMILES string of the molecule is COc1cccc(OCCC(=O)NN)c1OC. The topological polar surface area (TPSA) is 82.8 Å². The van der Waals surface area contributed by atoms with Gasteiger partial charge < -0.3 is 14.2 Å². The van der Waals surface area contributed by atoms with Gasteiger partial charge in [0.1, 0.15) is 0 Å². The number of hydrogen-bond donors (Lipinski definition) is 2. The molecule has 0 unspecified atom stereocenters. The lowest BCUT2D eigenvalue weighted by Gasteiger charge is -2.13. The molecule has 0 aliphatic rings. The largest absolute Gasteiger partial charge is 0.493 e. The maximum Gasteiger partial charge on any atom is 0.237 e. The summed E-state index contributed by atoms with van der Waals surface area (Å²) in [6, 6.07) is 5.28. The molecule has 0 aromatic heterocycles. The maximum atomic E-state index is 10.9. The van der Waals surface area contributed by atoms with Crippen molar-refractivity contribution in [3.63, 3.8) is 0 Å². The summed E-state index contributed by atoms with van der Waals surface area (Å²) in [5, 5.41) is 0. The summed E-state index contributed by atoms with van der Waals surface area (Å²) in [6.45, 7) is 0.215. The number of hydrazine groups is 1. The Hall–Kier alpha value is -1.95. The average molecular weight is 240 g/mol. The molecule has 0 fully saturated rings. The zero-order valence-electron chi connectivity index (χ0n) is 9.86. The van der Waals surface area contributed by atoms with Gasteiger partial charge in [0.25, 0.3) is 0 Å². The summed E-state index contributed by atoms with van der Waals surface area (Å²) in [6.07, 6.45) is 0.177. The summed E-state index contributed by atoms with van der Waals surface area (Å²) in [4.78, 5) is 10.9. The third-order valence-corrected chi connectivity index (χ3v) is 2.11. The number of amides is 1. The van der Waals surface area contributed by atoms with E-state index in [0.717, 1.165) is 0 Å². The van der Waals surface area contributed by atoms with Crippen LogP contribution in [0.1, 0.15) is 6.42 Å². The first-order valence-electron chi connectivity index (χ1n) is 5.06. The first-order valence-corrected chi connectivity index (χ1v) is 5.06. The van der Waals surface area contributed by atoms with Crippen molar-refractivity contribution < 1.29 is 19.0 Å². The third kappa shape index (κ3) is 3.53. The van der Waals surface area contributed by atoms with E-state index in [4.69, 9.17) is 20.1 Å². The smallest absolute Gasteiger partial charge is 0.237 e. The maximum absolute atomic E-state index is 10.9. The van der Waals surface area contributed by atoms with Crippen LogP contribution in [0.2, 0.25) is 0 Å². The summed E-state index contributed by atoms with van der Waals surface area (Å²) >= 11 is 0. The minimum absolute atomic E-state index is 0.177. The molecular formula is C11H16N2O4. The Morgan fingerprint density at radius 2 is 2.00 bits per heavy atom. The van der Waals surface area contributed by atoms with E-state index in [-0.39, 0.29) is 18.9 Å². The number of methoxy groups -OCH3 is 2. The highest BCUT2D eigenvalue weighted by Crippen LogP contribution is 2.36. The fourth-order valence-corrected chi connectivity index (χ4v) is 1.30. The molecule has 0 radical (unpaired) electrons. The van der Waals surface area contributed by atoms with Crippen LogP contribution in [-0.4, -0.2) is 26.7 Å². The van der Waals surface area contributed by atoms with Crippen molar-refractivity contribution in [2.24, 2.45) is 5.84 Å². The van der Waals surface area contributed by atoms with E-state index >= 15 is 0 Å². The lowest BCUT2D eigenvalue weighted by molar-refractivity contribution is -0.121. The van der Waals surface area contributed by atoms with E-state index in [1.807, 2.05) is 5.43 Å². The molecule has 0 saturated heterocycles. The first kappa shape index (κ1) is 13.1. The molecule has 6 heteroatoms. The molecule has 0 saturated carbocycles. The standard InChI is InChI=1S/C11H16N2O4/c1-15-8-4-3-5-9(11(8)16-2)17-7-6-10(14)13-12/h3-5H,6-7,12H2,1-2H3,(H,13,14). The molecule has 0 heterocycles. The molecule has 0 aliphatic carbocycles. The number of hydrogen-bond acceptors (Lipinski definition) is 5. The predicted molar refractivity (Wildman–Crippen MR) is 62.0 cm³/mol. The van der Waals surface area contributed by atoms with Crippen molar-refractivity contribution in [1.29, 1.82) is 0 Å².